The predicted octanol–water partition coefficient (Wildman–Crippen LogP) is 3.47. The zero-order valence-corrected chi connectivity index (χ0v) is 11.0. The summed E-state index contributed by atoms with van der Waals surface area (Å²) in [6.45, 7) is 3.45. The fourth-order valence-corrected chi connectivity index (χ4v) is 2.74. The number of ether oxygens (including phenoxy) is 2. The summed E-state index contributed by atoms with van der Waals surface area (Å²) in [6.07, 6.45) is 0. The van der Waals surface area contributed by atoms with E-state index in [9.17, 15) is 0 Å². The molecule has 0 aromatic heterocycles. The zero-order valence-electron chi connectivity index (χ0n) is 8.59. The van der Waals surface area contributed by atoms with E-state index in [-0.39, 0.29) is 0 Å². The summed E-state index contributed by atoms with van der Waals surface area (Å²) in [5.74, 6) is 3.85. The van der Waals surface area contributed by atoms with Crippen molar-refractivity contribution in [2.45, 2.75) is 12.7 Å². The van der Waals surface area contributed by atoms with Gasteiger partial charge in [-0.3, -0.25) is 0 Å². The lowest BCUT2D eigenvalue weighted by atomic mass is 10.2. The van der Waals surface area contributed by atoms with Gasteiger partial charge in [-0.1, -0.05) is 22.9 Å². The van der Waals surface area contributed by atoms with E-state index in [1.54, 1.807) is 0 Å². The van der Waals surface area contributed by atoms with Crippen molar-refractivity contribution in [2.75, 3.05) is 19.0 Å². The van der Waals surface area contributed by atoms with Gasteiger partial charge in [-0.15, -0.1) is 0 Å². The average molecular weight is 289 g/mol. The van der Waals surface area contributed by atoms with Gasteiger partial charge in [0.2, 0.25) is 0 Å². The Hall–Kier alpha value is -0.350. The Labute approximate surface area is 102 Å². The highest BCUT2D eigenvalue weighted by molar-refractivity contribution is 9.10. The minimum absolute atomic E-state index is 0.641. The van der Waals surface area contributed by atoms with Gasteiger partial charge in [0, 0.05) is 10.2 Å². The van der Waals surface area contributed by atoms with Crippen molar-refractivity contribution in [1.29, 1.82) is 0 Å². The maximum Gasteiger partial charge on any atom is 0.162 e. The Kier molecular flexibility index (Phi) is 3.81. The van der Waals surface area contributed by atoms with Crippen LogP contribution in [-0.4, -0.2) is 19.0 Å². The molecular weight excluding hydrogens is 276 g/mol. The quantitative estimate of drug-likeness (QED) is 0.849. The molecule has 2 rings (SSSR count). The van der Waals surface area contributed by atoms with E-state index < -0.39 is 0 Å². The Morgan fingerprint density at radius 2 is 1.93 bits per heavy atom. The second-order valence-electron chi connectivity index (χ2n) is 3.22. The lowest BCUT2D eigenvalue weighted by Crippen LogP contribution is -2.15. The molecular formula is C11H13BrO2S. The molecule has 0 aliphatic carbocycles. The number of benzene rings is 1. The Bertz CT molecular complexity index is 355. The largest absolute Gasteiger partial charge is 0.486 e. The zero-order chi connectivity index (χ0) is 10.7. The van der Waals surface area contributed by atoms with Gasteiger partial charge in [-0.25, -0.2) is 0 Å². The highest BCUT2D eigenvalue weighted by Crippen LogP contribution is 2.36. The van der Waals surface area contributed by atoms with Crippen LogP contribution < -0.4 is 9.47 Å². The second-order valence-corrected chi connectivity index (χ2v) is 5.35. The lowest BCUT2D eigenvalue weighted by Gasteiger charge is -2.19. The fraction of sp³-hybridized carbons (Fsp3) is 0.455. The molecule has 0 bridgehead atoms. The molecule has 0 N–H and O–H groups in total. The average Bonchev–Trinajstić information content (AvgIpc) is 2.26. The molecule has 0 spiro atoms. The van der Waals surface area contributed by atoms with Crippen LogP contribution in [0.15, 0.2) is 16.6 Å². The maximum absolute atomic E-state index is 5.54. The smallest absolute Gasteiger partial charge is 0.162 e. The van der Waals surface area contributed by atoms with Crippen LogP contribution >= 0.6 is 27.7 Å². The molecule has 0 unspecified atom stereocenters. The molecule has 0 atom stereocenters. The Balaban J connectivity index is 2.24. The molecule has 1 aliphatic rings. The molecule has 1 aromatic rings. The summed E-state index contributed by atoms with van der Waals surface area (Å²) >= 11 is 5.46. The van der Waals surface area contributed by atoms with Crippen LogP contribution in [0.4, 0.5) is 0 Å². The van der Waals surface area contributed by atoms with Crippen molar-refractivity contribution < 1.29 is 9.47 Å². The van der Waals surface area contributed by atoms with Crippen molar-refractivity contribution in [2.24, 2.45) is 0 Å². The van der Waals surface area contributed by atoms with Gasteiger partial charge in [-0.2, -0.15) is 11.8 Å². The lowest BCUT2D eigenvalue weighted by molar-refractivity contribution is 0.171. The molecule has 0 amide bonds. The first-order chi connectivity index (χ1) is 7.31. The molecule has 82 valence electrons. The van der Waals surface area contributed by atoms with Gasteiger partial charge in [0.1, 0.15) is 13.2 Å². The Morgan fingerprint density at radius 1 is 1.27 bits per heavy atom. The molecule has 1 heterocycles. The minimum atomic E-state index is 0.641. The summed E-state index contributed by atoms with van der Waals surface area (Å²) in [6, 6.07) is 4.07. The number of rotatable bonds is 3. The van der Waals surface area contributed by atoms with Crippen LogP contribution in [0.25, 0.3) is 0 Å². The van der Waals surface area contributed by atoms with Gasteiger partial charge in [0.25, 0.3) is 0 Å². The summed E-state index contributed by atoms with van der Waals surface area (Å²) in [5, 5.41) is 0. The molecule has 2 nitrogen and oxygen atoms in total. The van der Waals surface area contributed by atoms with Crippen molar-refractivity contribution in [3.05, 3.63) is 22.2 Å². The first-order valence-corrected chi connectivity index (χ1v) is 6.91. The van der Waals surface area contributed by atoms with Gasteiger partial charge in [0.05, 0.1) is 0 Å². The van der Waals surface area contributed by atoms with E-state index in [2.05, 4.69) is 28.9 Å². The van der Waals surface area contributed by atoms with E-state index in [1.165, 1.54) is 5.56 Å². The van der Waals surface area contributed by atoms with Gasteiger partial charge >= 0.3 is 0 Å². The first-order valence-electron chi connectivity index (χ1n) is 4.97. The van der Waals surface area contributed by atoms with Crippen LogP contribution in [0, 0.1) is 0 Å². The van der Waals surface area contributed by atoms with E-state index in [1.807, 2.05) is 17.8 Å². The SMILES string of the molecule is CCSCc1cc2c(cc1Br)OCCO2. The fourth-order valence-electron chi connectivity index (χ4n) is 1.43. The summed E-state index contributed by atoms with van der Waals surface area (Å²) in [7, 11) is 0. The molecule has 1 aliphatic heterocycles. The molecule has 0 fully saturated rings. The third kappa shape index (κ3) is 2.61. The van der Waals surface area contributed by atoms with Crippen LogP contribution in [0.2, 0.25) is 0 Å². The van der Waals surface area contributed by atoms with Crippen molar-refractivity contribution in [3.8, 4) is 11.5 Å². The third-order valence-electron chi connectivity index (χ3n) is 2.17. The van der Waals surface area contributed by atoms with Crippen LogP contribution in [0.3, 0.4) is 0 Å². The van der Waals surface area contributed by atoms with E-state index in [0.717, 1.165) is 27.5 Å². The topological polar surface area (TPSA) is 18.5 Å². The van der Waals surface area contributed by atoms with Gasteiger partial charge < -0.3 is 9.47 Å². The molecule has 15 heavy (non-hydrogen) atoms. The summed E-state index contributed by atoms with van der Waals surface area (Å²) in [4.78, 5) is 0. The number of hydrogen-bond acceptors (Lipinski definition) is 3. The minimum Gasteiger partial charge on any atom is -0.486 e. The normalized spacial score (nSPS) is 14.0. The molecule has 1 aromatic carbocycles. The molecule has 0 radical (unpaired) electrons. The first kappa shape index (κ1) is 11.1. The molecule has 0 saturated heterocycles. The van der Waals surface area contributed by atoms with Crippen LogP contribution in [0.5, 0.6) is 11.5 Å². The summed E-state index contributed by atoms with van der Waals surface area (Å²) in [5.41, 5.74) is 1.27. The summed E-state index contributed by atoms with van der Waals surface area (Å²) < 4.78 is 12.2. The second kappa shape index (κ2) is 5.12. The van der Waals surface area contributed by atoms with Crippen molar-refractivity contribution >= 4 is 27.7 Å². The molecule has 0 saturated carbocycles. The number of halogens is 1. The highest BCUT2D eigenvalue weighted by Gasteiger charge is 2.14. The number of fused-ring (bicyclic) bond motifs is 1. The number of thioether (sulfide) groups is 1. The van der Waals surface area contributed by atoms with Gasteiger partial charge in [-0.05, 0) is 23.4 Å². The van der Waals surface area contributed by atoms with Crippen molar-refractivity contribution in [3.63, 3.8) is 0 Å². The number of hydrogen-bond donors (Lipinski definition) is 0. The third-order valence-corrected chi connectivity index (χ3v) is 3.83. The van der Waals surface area contributed by atoms with Gasteiger partial charge in [0.15, 0.2) is 11.5 Å². The monoisotopic (exact) mass is 288 g/mol. The van der Waals surface area contributed by atoms with E-state index in [4.69, 9.17) is 9.47 Å². The molecule has 4 heteroatoms. The van der Waals surface area contributed by atoms with E-state index >= 15 is 0 Å². The standard InChI is InChI=1S/C11H13BrO2S/c1-2-15-7-8-5-10-11(6-9(8)12)14-4-3-13-10/h5-6H,2-4,7H2,1H3. The van der Waals surface area contributed by atoms with Crippen molar-refractivity contribution in [1.82, 2.24) is 0 Å². The van der Waals surface area contributed by atoms with E-state index in [0.29, 0.717) is 13.2 Å². The Morgan fingerprint density at radius 3 is 2.60 bits per heavy atom. The van der Waals surface area contributed by atoms with Crippen LogP contribution in [-0.2, 0) is 5.75 Å². The highest BCUT2D eigenvalue weighted by atomic mass is 79.9. The predicted molar refractivity (Wildman–Crippen MR) is 67.0 cm³/mol. The maximum atomic E-state index is 5.54. The van der Waals surface area contributed by atoms with Crippen LogP contribution in [0.1, 0.15) is 12.5 Å².